The number of esters is 1. The first-order valence-corrected chi connectivity index (χ1v) is 21.5. The van der Waals surface area contributed by atoms with E-state index in [-0.39, 0.29) is 24.9 Å². The zero-order valence-electron chi connectivity index (χ0n) is 37.0. The molecule has 0 saturated carbocycles. The molecule has 0 fully saturated rings. The standard InChI is InChI=1S/C49H76O11/c1-34(22-17-13-11-9-8-10-12-14-19-24-40(50)30-35(2)28-29-46(54)55)31-43(52)37(4)45-32-41(51)25-21-27-42(59-7)26-20-16-15-18-23-36(3)48(57)39(6)49(58)38(5)44(53)33-47(56)60-45/h8-20,22,30-31,36-45,48-53,57-58H,21,23-29,32-33H2,1-7H3,(H,54,55)/b9-8+,12-10+,13-11+,18-15+,19-14+,20-16+,22-17+,34-31+,35-30+. The third-order valence-corrected chi connectivity index (χ3v) is 11.1. The van der Waals surface area contributed by atoms with E-state index in [1.807, 2.05) is 98.9 Å². The summed E-state index contributed by atoms with van der Waals surface area (Å²) in [6.45, 7) is 10.7. The van der Waals surface area contributed by atoms with Crippen LogP contribution < -0.4 is 0 Å². The SMILES string of the molecule is COC1C/C=C/C=C/CC(C)C(O)C(C)C(O)C(C)C(O)CC(=O)OC(C(C)C(O)/C=C(C)/C=C/C=C/C=C/C=C/C=C/CC(O)/C=C(\C)CCC(=O)O)CC(O)CCC1. The van der Waals surface area contributed by atoms with Gasteiger partial charge >= 0.3 is 11.9 Å². The molecule has 0 spiro atoms. The van der Waals surface area contributed by atoms with E-state index in [0.29, 0.717) is 38.5 Å². The molecule has 7 N–H and O–H groups in total. The van der Waals surface area contributed by atoms with Gasteiger partial charge in [-0.2, -0.15) is 0 Å². The molecule has 0 radical (unpaired) electrons. The van der Waals surface area contributed by atoms with Crippen LogP contribution in [0.2, 0.25) is 0 Å². The van der Waals surface area contributed by atoms with Crippen LogP contribution in [0.4, 0.5) is 0 Å². The molecule has 0 amide bonds. The topological polar surface area (TPSA) is 194 Å². The Morgan fingerprint density at radius 3 is 2.10 bits per heavy atom. The highest BCUT2D eigenvalue weighted by molar-refractivity contribution is 5.70. The van der Waals surface area contributed by atoms with E-state index in [1.54, 1.807) is 47.0 Å². The number of methoxy groups -OCH3 is 1. The highest BCUT2D eigenvalue weighted by atomic mass is 16.5. The number of cyclic esters (lactones) is 1. The molecule has 0 aromatic rings. The van der Waals surface area contributed by atoms with Gasteiger partial charge in [-0.05, 0) is 64.7 Å². The Morgan fingerprint density at radius 2 is 1.47 bits per heavy atom. The van der Waals surface area contributed by atoms with Crippen LogP contribution in [-0.2, 0) is 19.1 Å². The van der Waals surface area contributed by atoms with E-state index in [9.17, 15) is 40.2 Å². The van der Waals surface area contributed by atoms with Crippen molar-refractivity contribution < 1.29 is 54.8 Å². The number of carbonyl (C=O) groups is 2. The van der Waals surface area contributed by atoms with Crippen molar-refractivity contribution in [3.63, 3.8) is 0 Å². The lowest BCUT2D eigenvalue weighted by Crippen LogP contribution is -2.42. The molecule has 11 nitrogen and oxygen atoms in total. The minimum atomic E-state index is -1.25. The smallest absolute Gasteiger partial charge is 0.308 e. The van der Waals surface area contributed by atoms with Gasteiger partial charge in [-0.1, -0.05) is 136 Å². The lowest BCUT2D eigenvalue weighted by atomic mass is 9.81. The van der Waals surface area contributed by atoms with Crippen molar-refractivity contribution >= 4 is 11.9 Å². The number of rotatable bonds is 15. The van der Waals surface area contributed by atoms with Crippen molar-refractivity contribution in [1.29, 1.82) is 0 Å². The predicted molar refractivity (Wildman–Crippen MR) is 239 cm³/mol. The molecule has 338 valence electrons. The van der Waals surface area contributed by atoms with Gasteiger partial charge in [-0.25, -0.2) is 0 Å². The Kier molecular flexibility index (Phi) is 28.3. The van der Waals surface area contributed by atoms with E-state index in [4.69, 9.17) is 14.6 Å². The lowest BCUT2D eigenvalue weighted by Gasteiger charge is -2.33. The fourth-order valence-electron chi connectivity index (χ4n) is 6.86. The maximum atomic E-state index is 13.3. The van der Waals surface area contributed by atoms with Crippen molar-refractivity contribution in [2.24, 2.45) is 23.7 Å². The van der Waals surface area contributed by atoms with Crippen LogP contribution in [0.3, 0.4) is 0 Å². The highest BCUT2D eigenvalue weighted by Gasteiger charge is 2.35. The first-order chi connectivity index (χ1) is 28.5. The normalized spacial score (nSPS) is 30.9. The number of hydrogen-bond acceptors (Lipinski definition) is 10. The first-order valence-electron chi connectivity index (χ1n) is 21.5. The molecule has 0 bridgehead atoms. The van der Waals surface area contributed by atoms with Crippen molar-refractivity contribution in [2.45, 2.75) is 155 Å². The fourth-order valence-corrected chi connectivity index (χ4v) is 6.86. The van der Waals surface area contributed by atoms with Crippen LogP contribution in [-0.4, -0.2) is 104 Å². The Morgan fingerprint density at radius 1 is 0.850 bits per heavy atom. The highest BCUT2D eigenvalue weighted by Crippen LogP contribution is 2.28. The third kappa shape index (κ3) is 23.9. The quantitative estimate of drug-likeness (QED) is 0.0493. The summed E-state index contributed by atoms with van der Waals surface area (Å²) in [7, 11) is 1.66. The van der Waals surface area contributed by atoms with Gasteiger partial charge in [0, 0.05) is 37.7 Å². The van der Waals surface area contributed by atoms with Crippen LogP contribution in [0.25, 0.3) is 0 Å². The summed E-state index contributed by atoms with van der Waals surface area (Å²) in [5.41, 5.74) is 1.61. The average Bonchev–Trinajstić information content (AvgIpc) is 3.20. The summed E-state index contributed by atoms with van der Waals surface area (Å²) in [5.74, 6) is -3.64. The Balaban J connectivity index is 2.98. The molecular formula is C49H76O11. The molecule has 11 heteroatoms. The van der Waals surface area contributed by atoms with Crippen LogP contribution >= 0.6 is 0 Å². The van der Waals surface area contributed by atoms with Gasteiger partial charge in [0.25, 0.3) is 0 Å². The second kappa shape index (κ2) is 31.2. The number of carboxylic acid groups (broad SMARTS) is 1. The third-order valence-electron chi connectivity index (χ3n) is 11.1. The number of aliphatic carboxylic acids is 1. The van der Waals surface area contributed by atoms with E-state index in [1.165, 1.54) is 0 Å². The van der Waals surface area contributed by atoms with Crippen molar-refractivity contribution in [2.75, 3.05) is 7.11 Å². The van der Waals surface area contributed by atoms with Crippen LogP contribution in [0, 0.1) is 23.7 Å². The minimum Gasteiger partial charge on any atom is -0.481 e. The maximum absolute atomic E-state index is 13.3. The van der Waals surface area contributed by atoms with Gasteiger partial charge in [0.2, 0.25) is 0 Å². The van der Waals surface area contributed by atoms with Crippen molar-refractivity contribution in [1.82, 2.24) is 0 Å². The van der Waals surface area contributed by atoms with Gasteiger partial charge in [0.1, 0.15) is 6.10 Å². The zero-order chi connectivity index (χ0) is 45.0. The molecule has 1 aliphatic heterocycles. The number of ether oxygens (including phenoxy) is 2. The molecule has 0 aromatic heterocycles. The lowest BCUT2D eigenvalue weighted by molar-refractivity contribution is -0.159. The number of aliphatic hydroxyl groups is 6. The Bertz CT molecular complexity index is 1500. The number of carbonyl (C=O) groups excluding carboxylic acids is 1. The van der Waals surface area contributed by atoms with E-state index < -0.39 is 78.8 Å². The number of aliphatic hydroxyl groups excluding tert-OH is 6. The molecular weight excluding hydrogens is 765 g/mol. The number of allylic oxidation sites excluding steroid dienone is 14. The molecule has 1 heterocycles. The molecule has 60 heavy (non-hydrogen) atoms. The summed E-state index contributed by atoms with van der Waals surface area (Å²) in [5, 5.41) is 74.2. The molecule has 1 aliphatic rings. The summed E-state index contributed by atoms with van der Waals surface area (Å²) in [6, 6.07) is 0. The molecule has 0 saturated heterocycles. The van der Waals surface area contributed by atoms with Crippen molar-refractivity contribution in [3.8, 4) is 0 Å². The van der Waals surface area contributed by atoms with Crippen LogP contribution in [0.1, 0.15) is 106 Å². The monoisotopic (exact) mass is 841 g/mol. The molecule has 1 rings (SSSR count). The summed E-state index contributed by atoms with van der Waals surface area (Å²) in [6.07, 6.45) is 26.7. The van der Waals surface area contributed by atoms with Gasteiger partial charge in [-0.3, -0.25) is 9.59 Å². The molecule has 12 unspecified atom stereocenters. The summed E-state index contributed by atoms with van der Waals surface area (Å²) < 4.78 is 11.5. The predicted octanol–water partition coefficient (Wildman–Crippen LogP) is 7.41. The minimum absolute atomic E-state index is 0.0389. The second-order valence-electron chi connectivity index (χ2n) is 16.4. The summed E-state index contributed by atoms with van der Waals surface area (Å²) >= 11 is 0. The Hall–Kier alpha value is -3.68. The van der Waals surface area contributed by atoms with E-state index in [2.05, 4.69) is 0 Å². The first kappa shape index (κ1) is 54.3. The Labute approximate surface area is 359 Å². The summed E-state index contributed by atoms with van der Waals surface area (Å²) in [4.78, 5) is 23.9. The number of carboxylic acids is 1. The molecule has 0 aromatic carbocycles. The average molecular weight is 841 g/mol. The largest absolute Gasteiger partial charge is 0.481 e. The van der Waals surface area contributed by atoms with Crippen LogP contribution in [0.5, 0.6) is 0 Å². The zero-order valence-corrected chi connectivity index (χ0v) is 37.0. The van der Waals surface area contributed by atoms with Gasteiger partial charge in [0.15, 0.2) is 0 Å². The molecule has 0 aliphatic carbocycles. The van der Waals surface area contributed by atoms with E-state index >= 15 is 0 Å². The van der Waals surface area contributed by atoms with Crippen molar-refractivity contribution in [3.05, 3.63) is 108 Å². The van der Waals surface area contributed by atoms with Gasteiger partial charge < -0.3 is 45.2 Å². The van der Waals surface area contributed by atoms with E-state index in [0.717, 1.165) is 17.6 Å². The fraction of sp³-hybridized carbons (Fsp3) is 0.592. The van der Waals surface area contributed by atoms with Crippen LogP contribution in [0.15, 0.2) is 108 Å². The molecule has 12 atom stereocenters. The van der Waals surface area contributed by atoms with Gasteiger partial charge in [0.05, 0.1) is 49.1 Å². The maximum Gasteiger partial charge on any atom is 0.308 e. The van der Waals surface area contributed by atoms with Gasteiger partial charge in [-0.15, -0.1) is 0 Å². The number of hydrogen-bond donors (Lipinski definition) is 7. The second-order valence-corrected chi connectivity index (χ2v) is 16.4.